The van der Waals surface area contributed by atoms with Gasteiger partial charge in [-0.15, -0.1) is 0 Å². The number of amides is 2. The molecule has 0 aliphatic heterocycles. The largest absolute Gasteiger partial charge is 0.495 e. The number of carbonyl (C=O) groups is 3. The van der Waals surface area contributed by atoms with Crippen LogP contribution in [0.4, 0.5) is 5.69 Å². The molecule has 3 rings (SSSR count). The van der Waals surface area contributed by atoms with Crippen LogP contribution < -0.4 is 15.4 Å². The second-order valence-electron chi connectivity index (χ2n) is 6.93. The van der Waals surface area contributed by atoms with Crippen LogP contribution in [0.1, 0.15) is 21.6 Å². The summed E-state index contributed by atoms with van der Waals surface area (Å²) in [6, 6.07) is 14.2. The van der Waals surface area contributed by atoms with E-state index in [4.69, 9.17) is 9.47 Å². The highest BCUT2D eigenvalue weighted by molar-refractivity contribution is 6.04. The first kappa shape index (κ1) is 21.8. The van der Waals surface area contributed by atoms with E-state index < -0.39 is 24.4 Å². The van der Waals surface area contributed by atoms with Crippen molar-refractivity contribution >= 4 is 34.4 Å². The van der Waals surface area contributed by atoms with Gasteiger partial charge in [-0.2, -0.15) is 0 Å². The second kappa shape index (κ2) is 9.71. The predicted molar refractivity (Wildman–Crippen MR) is 116 cm³/mol. The number of rotatable bonds is 7. The van der Waals surface area contributed by atoms with E-state index in [0.717, 1.165) is 5.56 Å². The van der Waals surface area contributed by atoms with Crippen molar-refractivity contribution in [2.45, 2.75) is 13.8 Å². The molecule has 2 amide bonds. The molecule has 3 aromatic rings. The number of nitrogens with zero attached hydrogens (tertiary/aromatic N) is 1. The minimum atomic E-state index is -0.634. The Kier molecular flexibility index (Phi) is 6.81. The van der Waals surface area contributed by atoms with Crippen LogP contribution in [0.15, 0.2) is 48.5 Å². The Morgan fingerprint density at radius 2 is 1.77 bits per heavy atom. The third-order valence-corrected chi connectivity index (χ3v) is 4.47. The predicted octanol–water partition coefficient (Wildman–Crippen LogP) is 2.77. The van der Waals surface area contributed by atoms with E-state index in [2.05, 4.69) is 15.6 Å². The van der Waals surface area contributed by atoms with E-state index in [1.807, 2.05) is 19.1 Å². The van der Waals surface area contributed by atoms with Crippen LogP contribution in [0.5, 0.6) is 5.75 Å². The molecule has 0 fully saturated rings. The number of benzene rings is 2. The summed E-state index contributed by atoms with van der Waals surface area (Å²) in [6.07, 6.45) is 0. The lowest BCUT2D eigenvalue weighted by atomic mass is 10.1. The Labute approximate surface area is 179 Å². The summed E-state index contributed by atoms with van der Waals surface area (Å²) in [5, 5.41) is 5.75. The molecule has 1 heterocycles. The summed E-state index contributed by atoms with van der Waals surface area (Å²) < 4.78 is 10.3. The van der Waals surface area contributed by atoms with Crippen molar-refractivity contribution in [3.63, 3.8) is 0 Å². The molecular formula is C23H23N3O5. The molecule has 1 aromatic heterocycles. The molecule has 0 aliphatic rings. The van der Waals surface area contributed by atoms with Crippen molar-refractivity contribution in [2.24, 2.45) is 0 Å². The first-order valence-electron chi connectivity index (χ1n) is 9.62. The molecule has 8 heteroatoms. The number of aromatic nitrogens is 1. The number of hydrogen-bond donors (Lipinski definition) is 2. The summed E-state index contributed by atoms with van der Waals surface area (Å²) in [6.45, 7) is 2.89. The van der Waals surface area contributed by atoms with Crippen molar-refractivity contribution in [3.05, 3.63) is 65.4 Å². The molecule has 0 bridgehead atoms. The second-order valence-corrected chi connectivity index (χ2v) is 6.93. The number of para-hydroxylation sites is 1. The van der Waals surface area contributed by atoms with Crippen LogP contribution in [-0.2, 0) is 14.3 Å². The fourth-order valence-corrected chi connectivity index (χ4v) is 3.03. The number of carbonyl (C=O) groups excluding carboxylic acids is 3. The van der Waals surface area contributed by atoms with Gasteiger partial charge < -0.3 is 20.1 Å². The molecule has 0 saturated carbocycles. The molecule has 0 aliphatic carbocycles. The van der Waals surface area contributed by atoms with Gasteiger partial charge in [0, 0.05) is 11.1 Å². The van der Waals surface area contributed by atoms with Gasteiger partial charge in [-0.05, 0) is 43.7 Å². The van der Waals surface area contributed by atoms with Crippen molar-refractivity contribution < 1.29 is 23.9 Å². The first-order chi connectivity index (χ1) is 14.9. The smallest absolute Gasteiger partial charge is 0.339 e. The van der Waals surface area contributed by atoms with Gasteiger partial charge in [-0.3, -0.25) is 14.6 Å². The zero-order valence-corrected chi connectivity index (χ0v) is 17.5. The zero-order chi connectivity index (χ0) is 22.4. The van der Waals surface area contributed by atoms with Gasteiger partial charge in [-0.25, -0.2) is 4.79 Å². The maximum absolute atomic E-state index is 12.5. The van der Waals surface area contributed by atoms with Gasteiger partial charge in [0.25, 0.3) is 5.91 Å². The maximum atomic E-state index is 12.5. The standard InChI is InChI=1S/C23H23N3O5/c1-14-8-9-20(30-3)19(10-14)26-21(27)12-24-22(28)13-31-23(29)17-11-15(2)25-18-7-5-4-6-16(17)18/h4-11H,12-13H2,1-3H3,(H,24,28)(H,26,27). The Bertz CT molecular complexity index is 1140. The number of hydrogen-bond acceptors (Lipinski definition) is 6. The van der Waals surface area contributed by atoms with Gasteiger partial charge in [0.15, 0.2) is 6.61 Å². The van der Waals surface area contributed by atoms with Gasteiger partial charge in [0.2, 0.25) is 5.91 Å². The molecular weight excluding hydrogens is 398 g/mol. The van der Waals surface area contributed by atoms with Crippen molar-refractivity contribution in [3.8, 4) is 5.75 Å². The molecule has 0 saturated heterocycles. The molecule has 0 unspecified atom stereocenters. The molecule has 31 heavy (non-hydrogen) atoms. The molecule has 160 valence electrons. The first-order valence-corrected chi connectivity index (χ1v) is 9.62. The fraction of sp³-hybridized carbons (Fsp3) is 0.217. The molecule has 0 atom stereocenters. The molecule has 0 spiro atoms. The third kappa shape index (κ3) is 5.57. The summed E-state index contributed by atoms with van der Waals surface area (Å²) in [7, 11) is 1.50. The Morgan fingerprint density at radius 1 is 1.00 bits per heavy atom. The molecule has 8 nitrogen and oxygen atoms in total. The Balaban J connectivity index is 1.53. The number of pyridine rings is 1. The summed E-state index contributed by atoms with van der Waals surface area (Å²) in [5.41, 5.74) is 3.12. The lowest BCUT2D eigenvalue weighted by Gasteiger charge is -2.12. The number of anilines is 1. The molecule has 0 radical (unpaired) electrons. The van der Waals surface area contributed by atoms with Crippen molar-refractivity contribution in [1.82, 2.24) is 10.3 Å². The number of fused-ring (bicyclic) bond motifs is 1. The van der Waals surface area contributed by atoms with Crippen LogP contribution in [0.25, 0.3) is 10.9 Å². The number of ether oxygens (including phenoxy) is 2. The lowest BCUT2D eigenvalue weighted by molar-refractivity contribution is -0.126. The van der Waals surface area contributed by atoms with E-state index in [9.17, 15) is 14.4 Å². The van der Waals surface area contributed by atoms with E-state index in [0.29, 0.717) is 33.6 Å². The Hall–Kier alpha value is -3.94. The van der Waals surface area contributed by atoms with Crippen LogP contribution in [0, 0.1) is 13.8 Å². The number of methoxy groups -OCH3 is 1. The fourth-order valence-electron chi connectivity index (χ4n) is 3.03. The van der Waals surface area contributed by atoms with E-state index in [1.165, 1.54) is 7.11 Å². The quantitative estimate of drug-likeness (QED) is 0.568. The monoisotopic (exact) mass is 421 g/mol. The van der Waals surface area contributed by atoms with Gasteiger partial charge in [-0.1, -0.05) is 24.3 Å². The van der Waals surface area contributed by atoms with E-state index in [-0.39, 0.29) is 6.54 Å². The summed E-state index contributed by atoms with van der Waals surface area (Å²) >= 11 is 0. The average molecular weight is 421 g/mol. The van der Waals surface area contributed by atoms with Crippen molar-refractivity contribution in [1.29, 1.82) is 0 Å². The molecule has 2 N–H and O–H groups in total. The normalized spacial score (nSPS) is 10.4. The highest BCUT2D eigenvalue weighted by Crippen LogP contribution is 2.25. The van der Waals surface area contributed by atoms with Crippen LogP contribution in [0.3, 0.4) is 0 Å². The maximum Gasteiger partial charge on any atom is 0.339 e. The minimum Gasteiger partial charge on any atom is -0.495 e. The van der Waals surface area contributed by atoms with E-state index >= 15 is 0 Å². The SMILES string of the molecule is COc1ccc(C)cc1NC(=O)CNC(=O)COC(=O)c1cc(C)nc2ccccc12. The number of esters is 1. The van der Waals surface area contributed by atoms with Crippen LogP contribution in [-0.4, -0.2) is 43.0 Å². The summed E-state index contributed by atoms with van der Waals surface area (Å²) in [5.74, 6) is -1.14. The minimum absolute atomic E-state index is 0.273. The van der Waals surface area contributed by atoms with Crippen LogP contribution >= 0.6 is 0 Å². The highest BCUT2D eigenvalue weighted by atomic mass is 16.5. The van der Waals surface area contributed by atoms with Crippen molar-refractivity contribution in [2.75, 3.05) is 25.6 Å². The zero-order valence-electron chi connectivity index (χ0n) is 17.5. The Morgan fingerprint density at radius 3 is 2.55 bits per heavy atom. The number of nitrogens with one attached hydrogen (secondary N) is 2. The van der Waals surface area contributed by atoms with Gasteiger partial charge in [0.1, 0.15) is 5.75 Å². The lowest BCUT2D eigenvalue weighted by Crippen LogP contribution is -2.35. The van der Waals surface area contributed by atoms with Gasteiger partial charge in [0.05, 0.1) is 30.4 Å². The topological polar surface area (TPSA) is 107 Å². The third-order valence-electron chi connectivity index (χ3n) is 4.47. The highest BCUT2D eigenvalue weighted by Gasteiger charge is 2.15. The number of aryl methyl sites for hydroxylation is 2. The summed E-state index contributed by atoms with van der Waals surface area (Å²) in [4.78, 5) is 41.0. The van der Waals surface area contributed by atoms with E-state index in [1.54, 1.807) is 43.3 Å². The average Bonchev–Trinajstić information content (AvgIpc) is 2.75. The van der Waals surface area contributed by atoms with Crippen LogP contribution in [0.2, 0.25) is 0 Å². The van der Waals surface area contributed by atoms with Gasteiger partial charge >= 0.3 is 5.97 Å². The molecule has 2 aromatic carbocycles.